The van der Waals surface area contributed by atoms with E-state index >= 15 is 0 Å². The summed E-state index contributed by atoms with van der Waals surface area (Å²) in [6.07, 6.45) is 0. The first-order chi connectivity index (χ1) is 13.9. The third kappa shape index (κ3) is 3.75. The Labute approximate surface area is 170 Å². The second-order valence-electron chi connectivity index (χ2n) is 7.29. The number of rotatable bonds is 3. The lowest BCUT2D eigenvalue weighted by Gasteiger charge is -2.34. The predicted octanol–water partition coefficient (Wildman–Crippen LogP) is 3.00. The molecule has 0 bridgehead atoms. The number of piperazine rings is 1. The van der Waals surface area contributed by atoms with Crippen LogP contribution in [0.4, 0.5) is 0 Å². The van der Waals surface area contributed by atoms with Crippen molar-refractivity contribution in [2.45, 2.75) is 18.7 Å². The quantitative estimate of drug-likeness (QED) is 0.667. The summed E-state index contributed by atoms with van der Waals surface area (Å²) >= 11 is 0. The Bertz CT molecular complexity index is 1180. The number of pyridine rings is 1. The molecule has 150 valence electrons. The molecule has 1 aliphatic rings. The number of fused-ring (bicyclic) bond motifs is 1. The first-order valence-electron chi connectivity index (χ1n) is 9.59. The largest absolute Gasteiger partial charge is 0.336 e. The molecule has 2 aromatic carbocycles. The van der Waals surface area contributed by atoms with E-state index in [-0.39, 0.29) is 23.9 Å². The van der Waals surface area contributed by atoms with Crippen LogP contribution in [0.5, 0.6) is 0 Å². The van der Waals surface area contributed by atoms with E-state index in [1.54, 1.807) is 23.1 Å². The van der Waals surface area contributed by atoms with E-state index in [9.17, 15) is 13.2 Å². The predicted molar refractivity (Wildman–Crippen MR) is 112 cm³/mol. The minimum absolute atomic E-state index is 0.0993. The molecule has 1 aromatic heterocycles. The number of hydrogen-bond acceptors (Lipinski definition) is 4. The van der Waals surface area contributed by atoms with Gasteiger partial charge in [0.15, 0.2) is 0 Å². The summed E-state index contributed by atoms with van der Waals surface area (Å²) in [6.45, 7) is 4.98. The SMILES string of the molecule is Cc1ccc(C(=O)N2CCN(S(=O)(=O)c3ccc4ccccc4c3)CC2)c(C)n1. The molecule has 0 N–H and O–H groups in total. The highest BCUT2D eigenvalue weighted by molar-refractivity contribution is 7.89. The van der Waals surface area contributed by atoms with Gasteiger partial charge in [-0.1, -0.05) is 30.3 Å². The van der Waals surface area contributed by atoms with Crippen molar-refractivity contribution in [3.63, 3.8) is 0 Å². The summed E-state index contributed by atoms with van der Waals surface area (Å²) in [5.74, 6) is -0.0993. The van der Waals surface area contributed by atoms with Crippen molar-refractivity contribution in [3.05, 3.63) is 71.5 Å². The van der Waals surface area contributed by atoms with Crippen molar-refractivity contribution in [2.75, 3.05) is 26.2 Å². The molecule has 0 radical (unpaired) electrons. The maximum Gasteiger partial charge on any atom is 0.255 e. The summed E-state index contributed by atoms with van der Waals surface area (Å²) in [5.41, 5.74) is 2.13. The van der Waals surface area contributed by atoms with Gasteiger partial charge < -0.3 is 4.90 Å². The second kappa shape index (κ2) is 7.57. The number of amides is 1. The van der Waals surface area contributed by atoms with Crippen molar-refractivity contribution in [1.82, 2.24) is 14.2 Å². The Morgan fingerprint density at radius 3 is 2.28 bits per heavy atom. The smallest absolute Gasteiger partial charge is 0.255 e. The number of carbonyl (C=O) groups excluding carboxylic acids is 1. The molecule has 1 fully saturated rings. The van der Waals surface area contributed by atoms with Crippen LogP contribution >= 0.6 is 0 Å². The maximum absolute atomic E-state index is 13.1. The van der Waals surface area contributed by atoms with Crippen molar-refractivity contribution < 1.29 is 13.2 Å². The zero-order chi connectivity index (χ0) is 20.6. The van der Waals surface area contributed by atoms with Gasteiger partial charge >= 0.3 is 0 Å². The molecule has 6 nitrogen and oxygen atoms in total. The van der Waals surface area contributed by atoms with Gasteiger partial charge in [0.05, 0.1) is 16.2 Å². The summed E-state index contributed by atoms with van der Waals surface area (Å²) in [4.78, 5) is 19.2. The van der Waals surface area contributed by atoms with Gasteiger partial charge in [0.1, 0.15) is 0 Å². The van der Waals surface area contributed by atoms with Crippen LogP contribution in [0.1, 0.15) is 21.7 Å². The average molecular weight is 410 g/mol. The zero-order valence-corrected chi connectivity index (χ0v) is 17.3. The zero-order valence-electron chi connectivity index (χ0n) is 16.5. The number of hydrogen-bond donors (Lipinski definition) is 0. The fourth-order valence-electron chi connectivity index (χ4n) is 3.69. The summed E-state index contributed by atoms with van der Waals surface area (Å²) in [5, 5.41) is 1.90. The number of benzene rings is 2. The van der Waals surface area contributed by atoms with Crippen LogP contribution in [0, 0.1) is 13.8 Å². The van der Waals surface area contributed by atoms with Gasteiger partial charge in [0, 0.05) is 31.9 Å². The van der Waals surface area contributed by atoms with Crippen LogP contribution in [0.15, 0.2) is 59.5 Å². The van der Waals surface area contributed by atoms with Crippen LogP contribution in [0.3, 0.4) is 0 Å². The van der Waals surface area contributed by atoms with Crippen LogP contribution in [0.2, 0.25) is 0 Å². The minimum Gasteiger partial charge on any atom is -0.336 e. The standard InChI is InChI=1S/C22H23N3O3S/c1-16-7-10-21(17(2)23-16)22(26)24-11-13-25(14-12-24)29(27,28)20-9-8-18-5-3-4-6-19(18)15-20/h3-10,15H,11-14H2,1-2H3. The molecule has 0 aliphatic carbocycles. The topological polar surface area (TPSA) is 70.6 Å². The number of nitrogens with zero attached hydrogens (tertiary/aromatic N) is 3. The monoisotopic (exact) mass is 409 g/mol. The van der Waals surface area contributed by atoms with Gasteiger partial charge in [0.2, 0.25) is 10.0 Å². The summed E-state index contributed by atoms with van der Waals surface area (Å²) < 4.78 is 27.6. The molecule has 7 heteroatoms. The molecule has 0 saturated carbocycles. The highest BCUT2D eigenvalue weighted by Gasteiger charge is 2.31. The third-order valence-electron chi connectivity index (χ3n) is 5.34. The van der Waals surface area contributed by atoms with Crippen LogP contribution in [-0.4, -0.2) is 54.7 Å². The number of aromatic nitrogens is 1. The molecule has 4 rings (SSSR count). The van der Waals surface area contributed by atoms with E-state index in [0.717, 1.165) is 16.5 Å². The lowest BCUT2D eigenvalue weighted by molar-refractivity contribution is 0.0696. The molecule has 1 saturated heterocycles. The Balaban J connectivity index is 1.50. The molecule has 29 heavy (non-hydrogen) atoms. The van der Waals surface area contributed by atoms with E-state index in [4.69, 9.17) is 0 Å². The Morgan fingerprint density at radius 2 is 1.59 bits per heavy atom. The molecule has 0 unspecified atom stereocenters. The Morgan fingerprint density at radius 1 is 0.897 bits per heavy atom. The lowest BCUT2D eigenvalue weighted by Crippen LogP contribution is -2.50. The first kappa shape index (κ1) is 19.5. The molecule has 0 atom stereocenters. The van der Waals surface area contributed by atoms with Gasteiger partial charge in [-0.15, -0.1) is 0 Å². The highest BCUT2D eigenvalue weighted by atomic mass is 32.2. The fraction of sp³-hybridized carbons (Fsp3) is 0.273. The minimum atomic E-state index is -3.60. The third-order valence-corrected chi connectivity index (χ3v) is 7.23. The molecular weight excluding hydrogens is 386 g/mol. The van der Waals surface area contributed by atoms with E-state index in [2.05, 4.69) is 4.98 Å². The van der Waals surface area contributed by atoms with Gasteiger partial charge in [-0.25, -0.2) is 8.42 Å². The molecular formula is C22H23N3O3S. The summed E-state index contributed by atoms with van der Waals surface area (Å²) in [6, 6.07) is 16.5. The molecule has 1 amide bonds. The van der Waals surface area contributed by atoms with Crippen LogP contribution in [0.25, 0.3) is 10.8 Å². The Kier molecular flexibility index (Phi) is 5.10. The number of aryl methyl sites for hydroxylation is 2. The van der Waals surface area contributed by atoms with Gasteiger partial charge in [0.25, 0.3) is 5.91 Å². The van der Waals surface area contributed by atoms with Crippen LogP contribution < -0.4 is 0 Å². The first-order valence-corrected chi connectivity index (χ1v) is 11.0. The van der Waals surface area contributed by atoms with Crippen molar-refractivity contribution in [2.24, 2.45) is 0 Å². The second-order valence-corrected chi connectivity index (χ2v) is 9.23. The molecule has 0 spiro atoms. The molecule has 2 heterocycles. The van der Waals surface area contributed by atoms with E-state index in [1.165, 1.54) is 4.31 Å². The normalized spacial score (nSPS) is 15.6. The van der Waals surface area contributed by atoms with Gasteiger partial charge in [-0.05, 0) is 48.9 Å². The number of carbonyl (C=O) groups is 1. The van der Waals surface area contributed by atoms with Gasteiger partial charge in [-0.2, -0.15) is 4.31 Å². The van der Waals surface area contributed by atoms with Crippen LogP contribution in [-0.2, 0) is 10.0 Å². The molecule has 3 aromatic rings. The van der Waals surface area contributed by atoms with Gasteiger partial charge in [-0.3, -0.25) is 9.78 Å². The number of sulfonamides is 1. The average Bonchev–Trinajstić information content (AvgIpc) is 2.73. The highest BCUT2D eigenvalue weighted by Crippen LogP contribution is 2.23. The van der Waals surface area contributed by atoms with E-state index in [1.807, 2.05) is 50.2 Å². The maximum atomic E-state index is 13.1. The van der Waals surface area contributed by atoms with E-state index in [0.29, 0.717) is 24.3 Å². The summed E-state index contributed by atoms with van der Waals surface area (Å²) in [7, 11) is -3.60. The van der Waals surface area contributed by atoms with E-state index < -0.39 is 10.0 Å². The van der Waals surface area contributed by atoms with Crippen molar-refractivity contribution >= 4 is 26.7 Å². The lowest BCUT2D eigenvalue weighted by atomic mass is 10.1. The van der Waals surface area contributed by atoms with Crippen molar-refractivity contribution in [1.29, 1.82) is 0 Å². The fourth-order valence-corrected chi connectivity index (χ4v) is 5.15. The Hall–Kier alpha value is -2.77. The molecule has 1 aliphatic heterocycles. The van der Waals surface area contributed by atoms with Crippen molar-refractivity contribution in [3.8, 4) is 0 Å².